The van der Waals surface area contributed by atoms with Gasteiger partial charge in [-0.2, -0.15) is 0 Å². The number of Topliss-reactive ketones (excluding diaryl/α,β-unsaturated/α-hetero) is 1. The molecule has 0 unspecified atom stereocenters. The van der Waals surface area contributed by atoms with Gasteiger partial charge in [-0.05, 0) is 61.0 Å². The number of nitro benzene ring substituents is 1. The number of rotatable bonds is 7. The smallest absolute Gasteiger partial charge is 0.296 e. The standard InChI is InChI=1S/C24H20N2O7/c1-2-32-18-11-7-16(8-12-18)22(27)20-21(15-5-9-17(10-6-15)26(30)31)25(24(29)23(20)28)14-19-4-3-13-33-19/h3-13,21,27H,2,14H2,1H3/t21-/m1/s1. The van der Waals surface area contributed by atoms with Crippen LogP contribution in [-0.2, 0) is 16.1 Å². The van der Waals surface area contributed by atoms with Crippen LogP contribution in [0.4, 0.5) is 5.69 Å². The average molecular weight is 448 g/mol. The minimum atomic E-state index is -0.956. The van der Waals surface area contributed by atoms with Crippen molar-refractivity contribution in [3.63, 3.8) is 0 Å². The minimum Gasteiger partial charge on any atom is -0.507 e. The summed E-state index contributed by atoms with van der Waals surface area (Å²) in [6.45, 7) is 2.31. The molecule has 0 aliphatic carbocycles. The Kier molecular flexibility index (Phi) is 5.95. The third-order valence-corrected chi connectivity index (χ3v) is 5.30. The van der Waals surface area contributed by atoms with E-state index in [-0.39, 0.29) is 23.6 Å². The molecule has 1 amide bonds. The first kappa shape index (κ1) is 21.8. The Balaban J connectivity index is 1.81. The summed E-state index contributed by atoms with van der Waals surface area (Å²) in [5.41, 5.74) is 0.540. The number of ether oxygens (including phenoxy) is 1. The largest absolute Gasteiger partial charge is 0.507 e. The van der Waals surface area contributed by atoms with Crippen molar-refractivity contribution < 1.29 is 28.8 Å². The van der Waals surface area contributed by atoms with Crippen LogP contribution in [0.15, 0.2) is 76.9 Å². The maximum Gasteiger partial charge on any atom is 0.296 e. The molecule has 4 rings (SSSR count). The molecule has 168 valence electrons. The summed E-state index contributed by atoms with van der Waals surface area (Å²) in [5, 5.41) is 22.1. The highest BCUT2D eigenvalue weighted by Gasteiger charge is 2.46. The lowest BCUT2D eigenvalue weighted by Gasteiger charge is -2.24. The highest BCUT2D eigenvalue weighted by atomic mass is 16.6. The highest BCUT2D eigenvalue weighted by molar-refractivity contribution is 6.46. The number of nitrogens with zero attached hydrogens (tertiary/aromatic N) is 2. The van der Waals surface area contributed by atoms with Gasteiger partial charge in [-0.25, -0.2) is 0 Å². The number of ketones is 1. The summed E-state index contributed by atoms with van der Waals surface area (Å²) >= 11 is 0. The fourth-order valence-corrected chi connectivity index (χ4v) is 3.77. The van der Waals surface area contributed by atoms with Crippen molar-refractivity contribution in [2.75, 3.05) is 6.61 Å². The number of non-ortho nitro benzene ring substituents is 1. The minimum absolute atomic E-state index is 0.0146. The predicted octanol–water partition coefficient (Wildman–Crippen LogP) is 4.21. The van der Waals surface area contributed by atoms with Crippen LogP contribution in [0.25, 0.3) is 5.76 Å². The number of carbonyl (C=O) groups is 2. The Labute approximate surface area is 188 Å². The molecule has 1 atom stereocenters. The van der Waals surface area contributed by atoms with Crippen LogP contribution in [0.2, 0.25) is 0 Å². The van der Waals surface area contributed by atoms with Crippen molar-refractivity contribution in [3.05, 3.63) is 99.5 Å². The topological polar surface area (TPSA) is 123 Å². The molecule has 1 aliphatic rings. The van der Waals surface area contributed by atoms with Crippen LogP contribution in [0, 0.1) is 10.1 Å². The summed E-state index contributed by atoms with van der Waals surface area (Å²) < 4.78 is 10.8. The number of amides is 1. The number of likely N-dealkylation sites (tertiary alicyclic amines) is 1. The van der Waals surface area contributed by atoms with Crippen LogP contribution in [0.1, 0.15) is 29.9 Å². The Morgan fingerprint density at radius 1 is 1.12 bits per heavy atom. The zero-order chi connectivity index (χ0) is 23.5. The third kappa shape index (κ3) is 4.20. The molecule has 0 bridgehead atoms. The zero-order valence-electron chi connectivity index (χ0n) is 17.6. The van der Waals surface area contributed by atoms with Crippen molar-refractivity contribution >= 4 is 23.1 Å². The summed E-state index contributed by atoms with van der Waals surface area (Å²) in [6.07, 6.45) is 1.45. The SMILES string of the molecule is CCOc1ccc(C(O)=C2C(=O)C(=O)N(Cc3ccco3)[C@@H]2c2ccc([N+](=O)[O-])cc2)cc1. The molecule has 9 nitrogen and oxygen atoms in total. The number of carbonyl (C=O) groups excluding carboxylic acids is 2. The number of aliphatic hydroxyl groups is 1. The fourth-order valence-electron chi connectivity index (χ4n) is 3.77. The number of nitro groups is 1. The van der Waals surface area contributed by atoms with E-state index in [4.69, 9.17) is 9.15 Å². The van der Waals surface area contributed by atoms with Crippen LogP contribution in [-0.4, -0.2) is 33.2 Å². The van der Waals surface area contributed by atoms with E-state index in [1.165, 1.54) is 35.4 Å². The molecule has 1 aromatic heterocycles. The van der Waals surface area contributed by atoms with E-state index in [2.05, 4.69) is 0 Å². The maximum absolute atomic E-state index is 13.0. The molecule has 33 heavy (non-hydrogen) atoms. The van der Waals surface area contributed by atoms with Gasteiger partial charge in [0.1, 0.15) is 17.3 Å². The van der Waals surface area contributed by atoms with Crippen molar-refractivity contribution in [3.8, 4) is 5.75 Å². The molecule has 0 saturated carbocycles. The van der Waals surface area contributed by atoms with Crippen molar-refractivity contribution in [1.82, 2.24) is 4.90 Å². The highest BCUT2D eigenvalue weighted by Crippen LogP contribution is 2.40. The molecule has 1 fully saturated rings. The molecule has 3 aromatic rings. The molecule has 0 spiro atoms. The Bertz CT molecular complexity index is 1210. The predicted molar refractivity (Wildman–Crippen MR) is 117 cm³/mol. The Morgan fingerprint density at radius 2 is 1.82 bits per heavy atom. The van der Waals surface area contributed by atoms with E-state index in [0.717, 1.165) is 0 Å². The normalized spacial score (nSPS) is 17.4. The van der Waals surface area contributed by atoms with Gasteiger partial charge in [-0.15, -0.1) is 0 Å². The van der Waals surface area contributed by atoms with Crippen LogP contribution < -0.4 is 4.74 Å². The quantitative estimate of drug-likeness (QED) is 0.189. The Hall–Kier alpha value is -4.40. The summed E-state index contributed by atoms with van der Waals surface area (Å²) in [5.74, 6) is -0.954. The van der Waals surface area contributed by atoms with Crippen LogP contribution in [0.5, 0.6) is 5.75 Å². The van der Waals surface area contributed by atoms with Crippen molar-refractivity contribution in [2.24, 2.45) is 0 Å². The van der Waals surface area contributed by atoms with E-state index < -0.39 is 22.7 Å². The van der Waals surface area contributed by atoms with Gasteiger partial charge in [-0.3, -0.25) is 19.7 Å². The molecule has 1 saturated heterocycles. The monoisotopic (exact) mass is 448 g/mol. The van der Waals surface area contributed by atoms with Crippen LogP contribution >= 0.6 is 0 Å². The molecular weight excluding hydrogens is 428 g/mol. The molecule has 2 heterocycles. The second kappa shape index (κ2) is 8.99. The van der Waals surface area contributed by atoms with Gasteiger partial charge in [0.05, 0.1) is 36.0 Å². The molecule has 9 heteroatoms. The lowest BCUT2D eigenvalue weighted by atomic mass is 9.95. The van der Waals surface area contributed by atoms with E-state index >= 15 is 0 Å². The number of hydrogen-bond acceptors (Lipinski definition) is 7. The lowest BCUT2D eigenvalue weighted by Crippen LogP contribution is -2.29. The van der Waals surface area contributed by atoms with Gasteiger partial charge in [-0.1, -0.05) is 0 Å². The van der Waals surface area contributed by atoms with E-state index in [1.54, 1.807) is 36.4 Å². The van der Waals surface area contributed by atoms with E-state index in [9.17, 15) is 24.8 Å². The molecule has 2 aromatic carbocycles. The number of hydrogen-bond donors (Lipinski definition) is 1. The molecule has 0 radical (unpaired) electrons. The number of benzene rings is 2. The van der Waals surface area contributed by atoms with Gasteiger partial charge < -0.3 is 19.2 Å². The summed E-state index contributed by atoms with van der Waals surface area (Å²) in [7, 11) is 0. The second-order valence-corrected chi connectivity index (χ2v) is 7.31. The van der Waals surface area contributed by atoms with Crippen molar-refractivity contribution in [2.45, 2.75) is 19.5 Å². The van der Waals surface area contributed by atoms with Crippen molar-refractivity contribution in [1.29, 1.82) is 0 Å². The first-order valence-corrected chi connectivity index (χ1v) is 10.2. The van der Waals surface area contributed by atoms with Crippen LogP contribution in [0.3, 0.4) is 0 Å². The molecule has 1 N–H and O–H groups in total. The van der Waals surface area contributed by atoms with Gasteiger partial charge >= 0.3 is 0 Å². The summed E-state index contributed by atoms with van der Waals surface area (Å²) in [6, 6.07) is 14.4. The summed E-state index contributed by atoms with van der Waals surface area (Å²) in [4.78, 5) is 37.8. The van der Waals surface area contributed by atoms with E-state index in [0.29, 0.717) is 29.2 Å². The zero-order valence-corrected chi connectivity index (χ0v) is 17.6. The van der Waals surface area contributed by atoms with Gasteiger partial charge in [0.2, 0.25) is 0 Å². The van der Waals surface area contributed by atoms with Gasteiger partial charge in [0, 0.05) is 17.7 Å². The van der Waals surface area contributed by atoms with Gasteiger partial charge in [0.25, 0.3) is 17.4 Å². The first-order valence-electron chi connectivity index (χ1n) is 10.2. The van der Waals surface area contributed by atoms with Gasteiger partial charge in [0.15, 0.2) is 0 Å². The Morgan fingerprint density at radius 3 is 2.39 bits per heavy atom. The van der Waals surface area contributed by atoms with E-state index in [1.807, 2.05) is 6.92 Å². The lowest BCUT2D eigenvalue weighted by molar-refractivity contribution is -0.384. The second-order valence-electron chi connectivity index (χ2n) is 7.31. The number of furan rings is 1. The number of aliphatic hydroxyl groups excluding tert-OH is 1. The third-order valence-electron chi connectivity index (χ3n) is 5.30. The average Bonchev–Trinajstić information content (AvgIpc) is 3.42. The molecular formula is C24H20N2O7. The molecule has 1 aliphatic heterocycles. The fraction of sp³-hybridized carbons (Fsp3) is 0.167. The maximum atomic E-state index is 13.0. The first-order chi connectivity index (χ1) is 15.9.